The van der Waals surface area contributed by atoms with Gasteiger partial charge >= 0.3 is 0 Å². The van der Waals surface area contributed by atoms with E-state index in [0.29, 0.717) is 48.5 Å². The van der Waals surface area contributed by atoms with Crippen LogP contribution < -0.4 is 10.2 Å². The topological polar surface area (TPSA) is 107 Å². The maximum absolute atomic E-state index is 12.4. The first-order valence-corrected chi connectivity index (χ1v) is 11.8. The minimum atomic E-state index is -3.55. The van der Waals surface area contributed by atoms with Crippen LogP contribution in [0.15, 0.2) is 36.5 Å². The van der Waals surface area contributed by atoms with Crippen molar-refractivity contribution in [2.24, 2.45) is 0 Å². The largest absolute Gasteiger partial charge is 0.377 e. The molecule has 162 valence electrons. The Morgan fingerprint density at radius 1 is 1.16 bits per heavy atom. The van der Waals surface area contributed by atoms with Crippen molar-refractivity contribution in [3.05, 3.63) is 36.5 Å². The summed E-state index contributed by atoms with van der Waals surface area (Å²) >= 11 is 0. The van der Waals surface area contributed by atoms with Crippen molar-refractivity contribution < 1.29 is 13.2 Å². The third-order valence-corrected chi connectivity index (χ3v) is 6.47. The van der Waals surface area contributed by atoms with Crippen LogP contribution in [0.4, 0.5) is 11.8 Å². The summed E-state index contributed by atoms with van der Waals surface area (Å²) in [5.41, 5.74) is 1.95. The van der Waals surface area contributed by atoms with E-state index in [4.69, 9.17) is 9.72 Å². The average Bonchev–Trinajstić information content (AvgIpc) is 3.34. The molecule has 4 aromatic rings. The number of nitrogens with zero attached hydrogens (tertiary/aromatic N) is 6. The summed E-state index contributed by atoms with van der Waals surface area (Å²) in [6.45, 7) is 3.86. The fraction of sp³-hybridized carbons (Fsp3) is 0.350. The summed E-state index contributed by atoms with van der Waals surface area (Å²) < 4.78 is 33.5. The quantitative estimate of drug-likeness (QED) is 0.511. The fourth-order valence-corrected chi connectivity index (χ4v) is 4.72. The van der Waals surface area contributed by atoms with E-state index in [2.05, 4.69) is 27.1 Å². The second-order valence-corrected chi connectivity index (χ2v) is 9.45. The Morgan fingerprint density at radius 3 is 2.71 bits per heavy atom. The highest BCUT2D eigenvalue weighted by Crippen LogP contribution is 2.31. The molecule has 1 unspecified atom stereocenters. The smallest absolute Gasteiger partial charge is 0.241 e. The van der Waals surface area contributed by atoms with Crippen molar-refractivity contribution in [3.8, 4) is 5.95 Å². The Hall–Kier alpha value is -3.18. The molecule has 0 saturated carbocycles. The van der Waals surface area contributed by atoms with Gasteiger partial charge in [0.2, 0.25) is 21.9 Å². The van der Waals surface area contributed by atoms with E-state index in [0.717, 1.165) is 17.3 Å². The van der Waals surface area contributed by atoms with E-state index < -0.39 is 10.0 Å². The standard InChI is InChI=1S/C20H23N7O3S/c1-13-12-30-11-10-25(13)17-14-8-9-26(31(3,28)29)18(14)24-20(23-17)27-16-7-5-4-6-15(16)22-19(27)21-2/h4-9,13H,10-12H2,1-3H3,(H,21,22). The summed E-state index contributed by atoms with van der Waals surface area (Å²) in [6, 6.07) is 9.52. The van der Waals surface area contributed by atoms with Gasteiger partial charge in [0.25, 0.3) is 0 Å². The molecule has 31 heavy (non-hydrogen) atoms. The summed E-state index contributed by atoms with van der Waals surface area (Å²) in [5, 5.41) is 3.77. The zero-order valence-electron chi connectivity index (χ0n) is 17.5. The molecule has 1 saturated heterocycles. The lowest BCUT2D eigenvalue weighted by molar-refractivity contribution is 0.0987. The number of morpholine rings is 1. The minimum absolute atomic E-state index is 0.0876. The van der Waals surface area contributed by atoms with Gasteiger partial charge in [-0.15, -0.1) is 0 Å². The van der Waals surface area contributed by atoms with Crippen LogP contribution in [0.1, 0.15) is 6.92 Å². The first kappa shape index (κ1) is 19.8. The monoisotopic (exact) mass is 441 g/mol. The molecule has 5 rings (SSSR count). The Morgan fingerprint density at radius 2 is 1.97 bits per heavy atom. The molecule has 0 aliphatic carbocycles. The van der Waals surface area contributed by atoms with Crippen LogP contribution in [-0.2, 0) is 14.8 Å². The second kappa shape index (κ2) is 7.20. The molecule has 0 bridgehead atoms. The highest BCUT2D eigenvalue weighted by molar-refractivity contribution is 7.89. The molecule has 1 aliphatic rings. The van der Waals surface area contributed by atoms with Gasteiger partial charge in [0.05, 0.1) is 41.9 Å². The van der Waals surface area contributed by atoms with Gasteiger partial charge in [-0.3, -0.25) is 0 Å². The van der Waals surface area contributed by atoms with Gasteiger partial charge < -0.3 is 15.0 Å². The number of aromatic nitrogens is 5. The van der Waals surface area contributed by atoms with Gasteiger partial charge in [0.1, 0.15) is 5.82 Å². The lowest BCUT2D eigenvalue weighted by Gasteiger charge is -2.34. The molecule has 10 nitrogen and oxygen atoms in total. The molecule has 1 atom stereocenters. The second-order valence-electron chi connectivity index (χ2n) is 7.59. The molecule has 1 aromatic carbocycles. The molecule has 4 heterocycles. The predicted octanol–water partition coefficient (Wildman–Crippen LogP) is 1.84. The molecule has 0 spiro atoms. The molecular weight excluding hydrogens is 418 g/mol. The van der Waals surface area contributed by atoms with Crippen molar-refractivity contribution in [2.45, 2.75) is 13.0 Å². The molecule has 1 N–H and O–H groups in total. The lowest BCUT2D eigenvalue weighted by atomic mass is 10.2. The molecule has 11 heteroatoms. The maximum atomic E-state index is 12.4. The van der Waals surface area contributed by atoms with E-state index in [1.165, 1.54) is 10.2 Å². The number of rotatable bonds is 4. The molecule has 0 amide bonds. The van der Waals surface area contributed by atoms with Crippen molar-refractivity contribution in [2.75, 3.05) is 43.3 Å². The third-order valence-electron chi connectivity index (χ3n) is 5.46. The molecule has 3 aromatic heterocycles. The van der Waals surface area contributed by atoms with E-state index in [1.807, 2.05) is 28.8 Å². The summed E-state index contributed by atoms with van der Waals surface area (Å²) in [5.74, 6) is 1.60. The summed E-state index contributed by atoms with van der Waals surface area (Å²) in [7, 11) is -1.77. The van der Waals surface area contributed by atoms with E-state index in [1.54, 1.807) is 13.1 Å². The minimum Gasteiger partial charge on any atom is -0.377 e. The van der Waals surface area contributed by atoms with Crippen LogP contribution >= 0.6 is 0 Å². The predicted molar refractivity (Wildman–Crippen MR) is 120 cm³/mol. The van der Waals surface area contributed by atoms with Gasteiger partial charge in [-0.25, -0.2) is 21.9 Å². The average molecular weight is 442 g/mol. The number of imidazole rings is 1. The number of fused-ring (bicyclic) bond motifs is 2. The van der Waals surface area contributed by atoms with Gasteiger partial charge in [-0.2, -0.15) is 9.97 Å². The van der Waals surface area contributed by atoms with Crippen LogP contribution in [0.5, 0.6) is 0 Å². The van der Waals surface area contributed by atoms with E-state index in [9.17, 15) is 8.42 Å². The number of nitrogens with one attached hydrogen (secondary N) is 1. The fourth-order valence-electron chi connectivity index (χ4n) is 3.99. The summed E-state index contributed by atoms with van der Waals surface area (Å²) in [6.07, 6.45) is 2.69. The number of ether oxygens (including phenoxy) is 1. The Kier molecular flexibility index (Phi) is 4.59. The molecule has 1 fully saturated rings. The maximum Gasteiger partial charge on any atom is 0.241 e. The highest BCUT2D eigenvalue weighted by atomic mass is 32.2. The SMILES string of the molecule is CNc1nc2ccccc2n1-c1nc(N2CCOCC2C)c2ccn(S(C)(=O)=O)c2n1. The Balaban J connectivity index is 1.84. The van der Waals surface area contributed by atoms with Crippen molar-refractivity contribution in [1.29, 1.82) is 0 Å². The number of hydrogen-bond donors (Lipinski definition) is 1. The van der Waals surface area contributed by atoms with E-state index >= 15 is 0 Å². The van der Waals surface area contributed by atoms with Gasteiger partial charge in [-0.05, 0) is 25.1 Å². The first-order valence-electron chi connectivity index (χ1n) is 9.98. The summed E-state index contributed by atoms with van der Waals surface area (Å²) in [4.78, 5) is 16.3. The number of anilines is 2. The van der Waals surface area contributed by atoms with Crippen molar-refractivity contribution in [3.63, 3.8) is 0 Å². The normalized spacial score (nSPS) is 17.5. The van der Waals surface area contributed by atoms with E-state index in [-0.39, 0.29) is 6.04 Å². The van der Waals surface area contributed by atoms with Gasteiger partial charge in [0, 0.05) is 19.8 Å². The number of hydrogen-bond acceptors (Lipinski definition) is 8. The Bertz CT molecular complexity index is 1390. The Labute approximate surface area is 179 Å². The number of para-hydroxylation sites is 2. The molecule has 1 aliphatic heterocycles. The van der Waals surface area contributed by atoms with Crippen LogP contribution in [0, 0.1) is 0 Å². The van der Waals surface area contributed by atoms with Gasteiger partial charge in [-0.1, -0.05) is 12.1 Å². The van der Waals surface area contributed by atoms with Crippen molar-refractivity contribution in [1.82, 2.24) is 23.5 Å². The van der Waals surface area contributed by atoms with Crippen LogP contribution in [0.2, 0.25) is 0 Å². The van der Waals surface area contributed by atoms with Crippen molar-refractivity contribution >= 4 is 43.9 Å². The third kappa shape index (κ3) is 3.20. The number of benzene rings is 1. The lowest BCUT2D eigenvalue weighted by Crippen LogP contribution is -2.44. The van der Waals surface area contributed by atoms with Crippen LogP contribution in [0.3, 0.4) is 0 Å². The first-order chi connectivity index (χ1) is 14.9. The highest BCUT2D eigenvalue weighted by Gasteiger charge is 2.26. The molecule has 0 radical (unpaired) electrons. The van der Waals surface area contributed by atoms with Gasteiger partial charge in [0.15, 0.2) is 5.65 Å². The van der Waals surface area contributed by atoms with Crippen LogP contribution in [-0.4, -0.2) is 71.0 Å². The zero-order chi connectivity index (χ0) is 21.8. The molecular formula is C20H23N7O3S. The zero-order valence-corrected chi connectivity index (χ0v) is 18.3. The van der Waals surface area contributed by atoms with Crippen LogP contribution in [0.25, 0.3) is 28.0 Å².